The Kier molecular flexibility index (Phi) is 5.27. The summed E-state index contributed by atoms with van der Waals surface area (Å²) in [7, 11) is 0. The molecule has 0 fully saturated rings. The van der Waals surface area contributed by atoms with Crippen LogP contribution in [0.3, 0.4) is 0 Å². The molecule has 140 valence electrons. The van der Waals surface area contributed by atoms with Gasteiger partial charge >= 0.3 is 0 Å². The third-order valence-electron chi connectivity index (χ3n) is 4.13. The highest BCUT2D eigenvalue weighted by Crippen LogP contribution is 2.39. The highest BCUT2D eigenvalue weighted by Gasteiger charge is 2.22. The second-order valence-electron chi connectivity index (χ2n) is 6.06. The summed E-state index contributed by atoms with van der Waals surface area (Å²) in [5.74, 6) is -0.910. The van der Waals surface area contributed by atoms with E-state index in [0.29, 0.717) is 28.3 Å². The monoisotopic (exact) mass is 410 g/mol. The molecule has 1 aliphatic heterocycles. The lowest BCUT2D eigenvalue weighted by atomic mass is 10.1. The number of amides is 2. The van der Waals surface area contributed by atoms with Gasteiger partial charge in [0, 0.05) is 20.9 Å². The maximum Gasteiger partial charge on any atom is 0.262 e. The third kappa shape index (κ3) is 4.00. The number of thioether (sulfide) groups is 1. The molecular weight excluding hydrogens is 395 g/mol. The Morgan fingerprint density at radius 3 is 2.79 bits per heavy atom. The van der Waals surface area contributed by atoms with Crippen LogP contribution in [-0.2, 0) is 11.3 Å². The molecule has 7 heteroatoms. The first kappa shape index (κ1) is 18.5. The second kappa shape index (κ2) is 8.00. The van der Waals surface area contributed by atoms with Gasteiger partial charge in [0.25, 0.3) is 11.8 Å². The summed E-state index contributed by atoms with van der Waals surface area (Å²) >= 11 is 2.83. The molecule has 2 amide bonds. The van der Waals surface area contributed by atoms with E-state index in [2.05, 4.69) is 10.6 Å². The molecule has 0 aliphatic carbocycles. The van der Waals surface area contributed by atoms with Crippen molar-refractivity contribution in [2.24, 2.45) is 0 Å². The van der Waals surface area contributed by atoms with Gasteiger partial charge in [-0.3, -0.25) is 9.59 Å². The van der Waals surface area contributed by atoms with E-state index in [1.165, 1.54) is 23.9 Å². The van der Waals surface area contributed by atoms with Gasteiger partial charge in [-0.1, -0.05) is 36.0 Å². The SMILES string of the molecule is O=C1Nc2cc(C(=O)NCc3cccs3)ccc2SC1=Cc1ccccc1F. The number of rotatable bonds is 4. The van der Waals surface area contributed by atoms with Gasteiger partial charge in [0.15, 0.2) is 0 Å². The molecular formula is C21H15FN2O2S2. The van der Waals surface area contributed by atoms with Crippen molar-refractivity contribution in [1.29, 1.82) is 0 Å². The highest BCUT2D eigenvalue weighted by atomic mass is 32.2. The van der Waals surface area contributed by atoms with Crippen molar-refractivity contribution >= 4 is 46.7 Å². The Hall–Kier alpha value is -2.90. The fraction of sp³-hybridized carbons (Fsp3) is 0.0476. The second-order valence-corrected chi connectivity index (χ2v) is 8.18. The van der Waals surface area contributed by atoms with Gasteiger partial charge in [-0.05, 0) is 41.8 Å². The Labute approximate surface area is 169 Å². The molecule has 1 aromatic heterocycles. The lowest BCUT2D eigenvalue weighted by Crippen LogP contribution is -2.23. The molecule has 4 rings (SSSR count). The molecule has 0 bridgehead atoms. The maximum atomic E-state index is 13.9. The van der Waals surface area contributed by atoms with Gasteiger partial charge in [-0.2, -0.15) is 0 Å². The Morgan fingerprint density at radius 2 is 2.00 bits per heavy atom. The number of benzene rings is 2. The minimum atomic E-state index is -0.382. The van der Waals surface area contributed by atoms with Crippen molar-refractivity contribution in [2.45, 2.75) is 11.4 Å². The molecule has 2 heterocycles. The minimum absolute atomic E-state index is 0.205. The van der Waals surface area contributed by atoms with Gasteiger partial charge in [-0.15, -0.1) is 11.3 Å². The number of carbonyl (C=O) groups excluding carboxylic acids is 2. The number of nitrogens with one attached hydrogen (secondary N) is 2. The number of halogens is 1. The molecule has 0 spiro atoms. The Balaban J connectivity index is 1.52. The first-order valence-electron chi connectivity index (χ1n) is 8.50. The fourth-order valence-electron chi connectivity index (χ4n) is 2.72. The van der Waals surface area contributed by atoms with Gasteiger partial charge in [0.1, 0.15) is 5.82 Å². The molecule has 2 N–H and O–H groups in total. The highest BCUT2D eigenvalue weighted by molar-refractivity contribution is 8.04. The summed E-state index contributed by atoms with van der Waals surface area (Å²) in [6.07, 6.45) is 1.53. The van der Waals surface area contributed by atoms with Gasteiger partial charge < -0.3 is 10.6 Å². The standard InChI is InChI=1S/C21H15FN2O2S2/c22-16-6-2-1-4-13(16)11-19-21(26)24-17-10-14(7-8-18(17)28-19)20(25)23-12-15-5-3-9-27-15/h1-11H,12H2,(H,23,25)(H,24,26). The van der Waals surface area contributed by atoms with E-state index in [4.69, 9.17) is 0 Å². The summed E-state index contributed by atoms with van der Waals surface area (Å²) in [5, 5.41) is 7.61. The van der Waals surface area contributed by atoms with Crippen LogP contribution in [0.25, 0.3) is 6.08 Å². The first-order chi connectivity index (χ1) is 13.6. The largest absolute Gasteiger partial charge is 0.347 e. The molecule has 0 radical (unpaired) electrons. The summed E-state index contributed by atoms with van der Waals surface area (Å²) in [6.45, 7) is 0.463. The van der Waals surface area contributed by atoms with Crippen LogP contribution in [0, 0.1) is 5.82 Å². The number of hydrogen-bond donors (Lipinski definition) is 2. The van der Waals surface area contributed by atoms with Gasteiger partial charge in [0.2, 0.25) is 0 Å². The van der Waals surface area contributed by atoms with Crippen LogP contribution >= 0.6 is 23.1 Å². The number of hydrogen-bond acceptors (Lipinski definition) is 4. The summed E-state index contributed by atoms with van der Waals surface area (Å²) in [5.41, 5.74) is 1.40. The molecule has 28 heavy (non-hydrogen) atoms. The number of fused-ring (bicyclic) bond motifs is 1. The van der Waals surface area contributed by atoms with E-state index in [1.54, 1.807) is 47.7 Å². The van der Waals surface area contributed by atoms with Gasteiger partial charge in [0.05, 0.1) is 17.1 Å². The topological polar surface area (TPSA) is 58.2 Å². The molecule has 0 saturated carbocycles. The smallest absolute Gasteiger partial charge is 0.262 e. The average molecular weight is 410 g/mol. The van der Waals surface area contributed by atoms with Crippen molar-refractivity contribution in [3.05, 3.63) is 86.7 Å². The summed E-state index contributed by atoms with van der Waals surface area (Å²) in [4.78, 5) is 27.1. The quantitative estimate of drug-likeness (QED) is 0.602. The van der Waals surface area contributed by atoms with E-state index in [-0.39, 0.29) is 17.6 Å². The number of anilines is 1. The molecule has 0 atom stereocenters. The van der Waals surface area contributed by atoms with E-state index in [0.717, 1.165) is 9.77 Å². The fourth-order valence-corrected chi connectivity index (χ4v) is 4.28. The lowest BCUT2D eigenvalue weighted by molar-refractivity contribution is -0.112. The maximum absolute atomic E-state index is 13.9. The average Bonchev–Trinajstić information content (AvgIpc) is 3.21. The Bertz CT molecular complexity index is 1080. The molecule has 1 aliphatic rings. The van der Waals surface area contributed by atoms with E-state index >= 15 is 0 Å². The van der Waals surface area contributed by atoms with E-state index in [1.807, 2.05) is 17.5 Å². The van der Waals surface area contributed by atoms with Crippen molar-refractivity contribution in [2.75, 3.05) is 5.32 Å². The number of thiophene rings is 1. The van der Waals surface area contributed by atoms with Gasteiger partial charge in [-0.25, -0.2) is 4.39 Å². The van der Waals surface area contributed by atoms with Crippen LogP contribution < -0.4 is 10.6 Å². The molecule has 0 saturated heterocycles. The molecule has 3 aromatic rings. The zero-order valence-electron chi connectivity index (χ0n) is 14.6. The lowest BCUT2D eigenvalue weighted by Gasteiger charge is -2.19. The summed E-state index contributed by atoms with van der Waals surface area (Å²) < 4.78 is 13.9. The van der Waals surface area contributed by atoms with Crippen molar-refractivity contribution in [3.8, 4) is 0 Å². The van der Waals surface area contributed by atoms with E-state index < -0.39 is 0 Å². The van der Waals surface area contributed by atoms with Crippen molar-refractivity contribution in [1.82, 2.24) is 5.32 Å². The predicted octanol–water partition coefficient (Wildman–Crippen LogP) is 4.90. The van der Waals surface area contributed by atoms with Crippen LogP contribution in [0.5, 0.6) is 0 Å². The van der Waals surface area contributed by atoms with Crippen LogP contribution in [0.1, 0.15) is 20.8 Å². The van der Waals surface area contributed by atoms with Crippen LogP contribution in [0.2, 0.25) is 0 Å². The predicted molar refractivity (Wildman–Crippen MR) is 111 cm³/mol. The first-order valence-corrected chi connectivity index (χ1v) is 10.2. The molecule has 2 aromatic carbocycles. The molecule has 4 nitrogen and oxygen atoms in total. The van der Waals surface area contributed by atoms with Crippen LogP contribution in [0.4, 0.5) is 10.1 Å². The summed E-state index contributed by atoms with van der Waals surface area (Å²) in [6, 6.07) is 15.3. The van der Waals surface area contributed by atoms with Crippen LogP contribution in [-0.4, -0.2) is 11.8 Å². The Morgan fingerprint density at radius 1 is 1.14 bits per heavy atom. The van der Waals surface area contributed by atoms with E-state index in [9.17, 15) is 14.0 Å². The molecule has 0 unspecified atom stereocenters. The zero-order valence-corrected chi connectivity index (χ0v) is 16.2. The normalized spacial score (nSPS) is 14.5. The van der Waals surface area contributed by atoms with Crippen molar-refractivity contribution < 1.29 is 14.0 Å². The number of carbonyl (C=O) groups is 2. The minimum Gasteiger partial charge on any atom is -0.347 e. The zero-order chi connectivity index (χ0) is 19.5. The van der Waals surface area contributed by atoms with Crippen LogP contribution in [0.15, 0.2) is 69.8 Å². The van der Waals surface area contributed by atoms with Crippen molar-refractivity contribution in [3.63, 3.8) is 0 Å². The third-order valence-corrected chi connectivity index (χ3v) is 6.10.